The average Bonchev–Trinajstić information content (AvgIpc) is 3.19. The number of carbonyl (C=O) groups excluding carboxylic acids is 2. The van der Waals surface area contributed by atoms with Crippen molar-refractivity contribution in [1.82, 2.24) is 14.5 Å². The van der Waals surface area contributed by atoms with E-state index in [-0.39, 0.29) is 30.3 Å². The van der Waals surface area contributed by atoms with Gasteiger partial charge in [-0.25, -0.2) is 0 Å². The van der Waals surface area contributed by atoms with Gasteiger partial charge < -0.3 is 9.88 Å². The fourth-order valence-corrected chi connectivity index (χ4v) is 4.55. The fraction of sp³-hybridized carbons (Fsp3) is 0.261. The first-order valence-electron chi connectivity index (χ1n) is 9.83. The smallest absolute Gasteiger partial charge is 0.259 e. The van der Waals surface area contributed by atoms with Crippen molar-refractivity contribution in [2.24, 2.45) is 0 Å². The Labute approximate surface area is 168 Å². The summed E-state index contributed by atoms with van der Waals surface area (Å²) in [7, 11) is 0. The van der Waals surface area contributed by atoms with E-state index in [2.05, 4.69) is 41.0 Å². The Hall–Kier alpha value is -3.41. The van der Waals surface area contributed by atoms with Crippen LogP contribution in [0.1, 0.15) is 43.9 Å². The van der Waals surface area contributed by atoms with Gasteiger partial charge in [0.2, 0.25) is 5.91 Å². The number of aromatic nitrogens is 2. The zero-order chi connectivity index (χ0) is 20.3. The summed E-state index contributed by atoms with van der Waals surface area (Å²) in [5, 5.41) is 4.60. The highest BCUT2D eigenvalue weighted by molar-refractivity contribution is 6.11. The summed E-state index contributed by atoms with van der Waals surface area (Å²) in [6, 6.07) is 10.3. The lowest BCUT2D eigenvalue weighted by atomic mass is 9.85. The number of hydrogen-bond acceptors (Lipinski definition) is 4. The van der Waals surface area contributed by atoms with Gasteiger partial charge in [0, 0.05) is 54.2 Å². The third kappa shape index (κ3) is 2.52. The van der Waals surface area contributed by atoms with Crippen molar-refractivity contribution >= 4 is 28.4 Å². The molecule has 1 N–H and O–H groups in total. The topological polar surface area (TPSA) is 67.2 Å². The molecule has 2 amide bonds. The highest BCUT2D eigenvalue weighted by atomic mass is 16.2. The van der Waals surface area contributed by atoms with E-state index >= 15 is 0 Å². The average molecular weight is 386 g/mol. The van der Waals surface area contributed by atoms with E-state index in [9.17, 15) is 9.59 Å². The van der Waals surface area contributed by atoms with Gasteiger partial charge in [0.25, 0.3) is 5.91 Å². The maximum absolute atomic E-state index is 13.3. The van der Waals surface area contributed by atoms with Crippen molar-refractivity contribution in [3.05, 3.63) is 71.3 Å². The number of hydrogen-bond donors (Lipinski definition) is 1. The van der Waals surface area contributed by atoms with Crippen LogP contribution < -0.4 is 5.32 Å². The molecular formula is C23H22N4O2. The maximum Gasteiger partial charge on any atom is 0.259 e. The minimum Gasteiger partial charge on any atom is -0.356 e. The Morgan fingerprint density at radius 3 is 2.76 bits per heavy atom. The largest absolute Gasteiger partial charge is 0.356 e. The second-order valence-electron chi connectivity index (χ2n) is 7.93. The summed E-state index contributed by atoms with van der Waals surface area (Å²) in [5.74, 6) is -0.755. The summed E-state index contributed by atoms with van der Waals surface area (Å²) >= 11 is 0. The van der Waals surface area contributed by atoms with E-state index in [0.29, 0.717) is 5.57 Å². The van der Waals surface area contributed by atoms with Crippen molar-refractivity contribution in [3.8, 4) is 0 Å². The van der Waals surface area contributed by atoms with Crippen molar-refractivity contribution in [2.45, 2.75) is 32.7 Å². The molecule has 0 spiro atoms. The van der Waals surface area contributed by atoms with E-state index in [0.717, 1.165) is 33.4 Å². The highest BCUT2D eigenvalue weighted by Crippen LogP contribution is 2.46. The zero-order valence-corrected chi connectivity index (χ0v) is 16.6. The molecule has 1 atom stereocenters. The first-order chi connectivity index (χ1) is 14.0. The van der Waals surface area contributed by atoms with Crippen LogP contribution in [0.25, 0.3) is 10.9 Å². The molecule has 146 valence electrons. The molecule has 0 saturated carbocycles. The van der Waals surface area contributed by atoms with Crippen LogP contribution in [0.4, 0.5) is 5.69 Å². The third-order valence-electron chi connectivity index (χ3n) is 5.84. The van der Waals surface area contributed by atoms with Crippen LogP contribution in [0, 0.1) is 0 Å². The molecule has 0 fully saturated rings. The van der Waals surface area contributed by atoms with Gasteiger partial charge >= 0.3 is 0 Å². The van der Waals surface area contributed by atoms with Gasteiger partial charge in [0.05, 0.1) is 17.6 Å². The molecule has 0 bridgehead atoms. The van der Waals surface area contributed by atoms with E-state index in [1.54, 1.807) is 6.20 Å². The first-order valence-corrected chi connectivity index (χ1v) is 9.83. The molecule has 0 aliphatic carbocycles. The van der Waals surface area contributed by atoms with Crippen LogP contribution in [-0.4, -0.2) is 32.8 Å². The molecule has 2 aliphatic heterocycles. The number of benzene rings is 1. The number of pyridine rings is 1. The number of rotatable bonds is 2. The molecule has 2 aliphatic rings. The quantitative estimate of drug-likeness (QED) is 0.727. The monoisotopic (exact) mass is 386 g/mol. The van der Waals surface area contributed by atoms with Gasteiger partial charge in [-0.15, -0.1) is 0 Å². The lowest BCUT2D eigenvalue weighted by Crippen LogP contribution is -2.33. The Balaban J connectivity index is 1.83. The van der Waals surface area contributed by atoms with Crippen molar-refractivity contribution in [2.75, 3.05) is 11.9 Å². The molecule has 1 aromatic carbocycles. The summed E-state index contributed by atoms with van der Waals surface area (Å²) < 4.78 is 2.24. The van der Waals surface area contributed by atoms with Crippen LogP contribution in [0.2, 0.25) is 0 Å². The molecule has 2 aromatic heterocycles. The predicted octanol–water partition coefficient (Wildman–Crippen LogP) is 3.82. The number of nitrogens with one attached hydrogen (secondary N) is 1. The van der Waals surface area contributed by atoms with E-state index in [1.165, 1.54) is 11.8 Å². The van der Waals surface area contributed by atoms with Crippen LogP contribution in [0.5, 0.6) is 0 Å². The standard InChI is InChI=1S/C23H22N4O2/c1-13(2)26-11-16-20(15-6-5-9-24-10-15)22-18(12-27(14(3)28)23(22)29)25-17-7-4-8-19(26)21(16)17/h4-11,13,20,25H,12H2,1-3H3. The van der Waals surface area contributed by atoms with E-state index in [1.807, 2.05) is 30.5 Å². The Morgan fingerprint density at radius 2 is 2.07 bits per heavy atom. The van der Waals surface area contributed by atoms with E-state index in [4.69, 9.17) is 0 Å². The number of nitrogens with zero attached hydrogens (tertiary/aromatic N) is 3. The molecule has 29 heavy (non-hydrogen) atoms. The Kier molecular flexibility index (Phi) is 3.84. The molecule has 4 heterocycles. The van der Waals surface area contributed by atoms with Gasteiger partial charge in [-0.3, -0.25) is 19.5 Å². The molecule has 0 saturated heterocycles. The lowest BCUT2D eigenvalue weighted by molar-refractivity contribution is -0.139. The first kappa shape index (κ1) is 17.7. The molecule has 6 nitrogen and oxygen atoms in total. The molecule has 1 unspecified atom stereocenters. The van der Waals surface area contributed by atoms with Gasteiger partial charge in [0.15, 0.2) is 0 Å². The molecule has 5 rings (SSSR count). The summed E-state index contributed by atoms with van der Waals surface area (Å²) in [6.07, 6.45) is 5.69. The van der Waals surface area contributed by atoms with Crippen LogP contribution >= 0.6 is 0 Å². The van der Waals surface area contributed by atoms with Gasteiger partial charge in [0.1, 0.15) is 0 Å². The fourth-order valence-electron chi connectivity index (χ4n) is 4.55. The molecule has 3 aromatic rings. The van der Waals surface area contributed by atoms with Crippen molar-refractivity contribution < 1.29 is 9.59 Å². The van der Waals surface area contributed by atoms with Crippen LogP contribution in [0.3, 0.4) is 0 Å². The van der Waals surface area contributed by atoms with Crippen molar-refractivity contribution in [3.63, 3.8) is 0 Å². The number of anilines is 1. The predicted molar refractivity (Wildman–Crippen MR) is 111 cm³/mol. The van der Waals surface area contributed by atoms with Crippen LogP contribution in [0.15, 0.2) is 60.2 Å². The Morgan fingerprint density at radius 1 is 1.24 bits per heavy atom. The highest BCUT2D eigenvalue weighted by Gasteiger charge is 2.41. The second-order valence-corrected chi connectivity index (χ2v) is 7.93. The van der Waals surface area contributed by atoms with Crippen LogP contribution in [-0.2, 0) is 9.59 Å². The summed E-state index contributed by atoms with van der Waals surface area (Å²) in [5.41, 5.74) is 5.53. The van der Waals surface area contributed by atoms with Crippen molar-refractivity contribution in [1.29, 1.82) is 0 Å². The van der Waals surface area contributed by atoms with E-state index < -0.39 is 0 Å². The lowest BCUT2D eigenvalue weighted by Gasteiger charge is -2.19. The number of imide groups is 1. The Bertz CT molecular complexity index is 1190. The number of amides is 2. The summed E-state index contributed by atoms with van der Waals surface area (Å²) in [4.78, 5) is 31.0. The second kappa shape index (κ2) is 6.30. The zero-order valence-electron chi connectivity index (χ0n) is 16.6. The molecule has 6 heteroatoms. The molecular weight excluding hydrogens is 364 g/mol. The van der Waals surface area contributed by atoms with Gasteiger partial charge in [-0.2, -0.15) is 0 Å². The summed E-state index contributed by atoms with van der Waals surface area (Å²) in [6.45, 7) is 6.00. The van der Waals surface area contributed by atoms with Gasteiger partial charge in [-0.05, 0) is 43.2 Å². The number of carbonyl (C=O) groups is 2. The maximum atomic E-state index is 13.3. The SMILES string of the molecule is CC(=O)N1CC2=C(C1=O)C(c1cccnc1)c1cn(C(C)C)c3cccc(c13)N2. The third-order valence-corrected chi connectivity index (χ3v) is 5.84. The molecule has 0 radical (unpaired) electrons. The minimum absolute atomic E-state index is 0.230. The van der Waals surface area contributed by atoms with Gasteiger partial charge in [-0.1, -0.05) is 12.1 Å². The normalized spacial score (nSPS) is 18.3. The minimum atomic E-state index is -0.283.